The highest BCUT2D eigenvalue weighted by Gasteiger charge is 2.21. The number of rotatable bonds is 18. The van der Waals surface area contributed by atoms with Gasteiger partial charge in [0.2, 0.25) is 5.91 Å². The van der Waals surface area contributed by atoms with Gasteiger partial charge in [0.1, 0.15) is 5.75 Å². The van der Waals surface area contributed by atoms with Crippen LogP contribution in [0.1, 0.15) is 36.1 Å². The molecule has 0 bridgehead atoms. The number of benzene rings is 1. The molecule has 0 unspecified atom stereocenters. The Hall–Kier alpha value is -4.29. The van der Waals surface area contributed by atoms with Crippen molar-refractivity contribution in [2.24, 2.45) is 0 Å². The molecular weight excluding hydrogens is 705 g/mol. The number of carboxylic acid groups (broad SMARTS) is 3. The number of amides is 1. The zero-order valence-corrected chi connectivity index (χ0v) is 31.4. The van der Waals surface area contributed by atoms with Crippen LogP contribution in [-0.2, 0) is 24.9 Å². The molecule has 3 aromatic rings. The van der Waals surface area contributed by atoms with Crippen molar-refractivity contribution in [3.63, 3.8) is 0 Å². The van der Waals surface area contributed by atoms with Gasteiger partial charge < -0.3 is 30.4 Å². The number of H-pyrrole nitrogens is 1. The Labute approximate surface area is 313 Å². The number of aromatic amines is 1. The van der Waals surface area contributed by atoms with Gasteiger partial charge in [-0.15, -0.1) is 0 Å². The van der Waals surface area contributed by atoms with Gasteiger partial charge >= 0.3 is 17.9 Å². The molecule has 1 aliphatic heterocycles. The van der Waals surface area contributed by atoms with E-state index >= 15 is 0 Å². The summed E-state index contributed by atoms with van der Waals surface area (Å²) < 4.78 is 5.99. The minimum Gasteiger partial charge on any atom is -0.494 e. The summed E-state index contributed by atoms with van der Waals surface area (Å²) in [6.45, 7) is 7.46. The Morgan fingerprint density at radius 3 is 1.92 bits per heavy atom. The lowest BCUT2D eigenvalue weighted by Gasteiger charge is -2.32. The van der Waals surface area contributed by atoms with E-state index in [9.17, 15) is 34.5 Å². The molecule has 1 amide bonds. The zero-order valence-electron chi connectivity index (χ0n) is 30.6. The molecule has 1 aliphatic rings. The van der Waals surface area contributed by atoms with Crippen LogP contribution < -0.4 is 10.1 Å². The third kappa shape index (κ3) is 14.9. The second kappa shape index (κ2) is 21.4. The number of carbonyl (C=O) groups is 4. The van der Waals surface area contributed by atoms with Crippen molar-refractivity contribution in [3.05, 3.63) is 47.3 Å². The van der Waals surface area contributed by atoms with Gasteiger partial charge in [-0.05, 0) is 62.4 Å². The Kier molecular flexibility index (Phi) is 16.8. The largest absolute Gasteiger partial charge is 0.494 e. The second-order valence-corrected chi connectivity index (χ2v) is 14.2. The van der Waals surface area contributed by atoms with Gasteiger partial charge in [-0.2, -0.15) is 0 Å². The maximum atomic E-state index is 12.9. The number of aliphatic carboxylic acids is 3. The van der Waals surface area contributed by atoms with Crippen LogP contribution in [0.3, 0.4) is 0 Å². The summed E-state index contributed by atoms with van der Waals surface area (Å²) in [6, 6.07) is 7.83. The topological polar surface area (TPSA) is 205 Å². The van der Waals surface area contributed by atoms with Crippen molar-refractivity contribution in [2.75, 3.05) is 91.7 Å². The molecule has 2 aromatic heterocycles. The fraction of sp³-hybridized carbons (Fsp3) is 0.556. The van der Waals surface area contributed by atoms with E-state index in [4.69, 9.17) is 4.74 Å². The fourth-order valence-electron chi connectivity index (χ4n) is 5.96. The van der Waals surface area contributed by atoms with E-state index in [-0.39, 0.29) is 32.1 Å². The van der Waals surface area contributed by atoms with Crippen molar-refractivity contribution in [2.45, 2.75) is 44.0 Å². The molecule has 0 spiro atoms. The molecule has 0 aliphatic carbocycles. The molecule has 1 saturated heterocycles. The Balaban J connectivity index is 1.18. The predicted octanol–water partition coefficient (Wildman–Crippen LogP) is 2.01. The minimum absolute atomic E-state index is 0.0921. The van der Waals surface area contributed by atoms with E-state index in [2.05, 4.69) is 34.1 Å². The third-order valence-corrected chi connectivity index (χ3v) is 10.0. The number of hydrogen-bond acceptors (Lipinski definition) is 12. The number of pyridine rings is 1. The molecule has 5 N–H and O–H groups in total. The lowest BCUT2D eigenvalue weighted by Crippen LogP contribution is -2.49. The van der Waals surface area contributed by atoms with Crippen LogP contribution >= 0.6 is 11.8 Å². The van der Waals surface area contributed by atoms with E-state index in [0.29, 0.717) is 65.5 Å². The summed E-state index contributed by atoms with van der Waals surface area (Å²) >= 11 is 1.62. The molecule has 17 heteroatoms. The van der Waals surface area contributed by atoms with Crippen LogP contribution in [-0.4, -0.2) is 165 Å². The first-order valence-corrected chi connectivity index (χ1v) is 18.9. The van der Waals surface area contributed by atoms with Gasteiger partial charge in [0.15, 0.2) is 5.16 Å². The first-order chi connectivity index (χ1) is 25.4. The SMILES string of the molecule is Cc1ccnc(CSc2nc3ccc(OCCCCCNC(=O)CN4CCN(CC(=O)O)CCN(CC(=O)O)CCN(CC(=O)O)CC4)cc3[nH]2)c1C. The number of unbranched alkanes of at least 4 members (excludes halogenated alkanes) is 2. The summed E-state index contributed by atoms with van der Waals surface area (Å²) in [5, 5.41) is 32.0. The quantitative estimate of drug-likeness (QED) is 0.0931. The molecule has 16 nitrogen and oxygen atoms in total. The molecule has 3 heterocycles. The fourth-order valence-corrected chi connectivity index (χ4v) is 6.87. The van der Waals surface area contributed by atoms with Crippen LogP contribution in [0.4, 0.5) is 0 Å². The first-order valence-electron chi connectivity index (χ1n) is 17.9. The predicted molar refractivity (Wildman–Crippen MR) is 200 cm³/mol. The molecular formula is C36H52N8O8S. The maximum Gasteiger partial charge on any atom is 0.317 e. The summed E-state index contributed by atoms with van der Waals surface area (Å²) in [5.74, 6) is -1.66. The summed E-state index contributed by atoms with van der Waals surface area (Å²) in [7, 11) is 0. The van der Waals surface area contributed by atoms with Crippen molar-refractivity contribution < 1.29 is 39.2 Å². The van der Waals surface area contributed by atoms with E-state index in [1.807, 2.05) is 35.4 Å². The van der Waals surface area contributed by atoms with Gasteiger partial charge in [-0.1, -0.05) is 11.8 Å². The van der Waals surface area contributed by atoms with Crippen LogP contribution in [0.2, 0.25) is 0 Å². The number of carbonyl (C=O) groups excluding carboxylic acids is 1. The molecule has 1 fully saturated rings. The number of imidazole rings is 1. The molecule has 1 aromatic carbocycles. The Bertz CT molecular complexity index is 1640. The van der Waals surface area contributed by atoms with Crippen LogP contribution in [0.5, 0.6) is 5.75 Å². The van der Waals surface area contributed by atoms with Crippen LogP contribution in [0, 0.1) is 13.8 Å². The van der Waals surface area contributed by atoms with Crippen LogP contribution in [0.25, 0.3) is 11.0 Å². The van der Waals surface area contributed by atoms with Gasteiger partial charge in [0.05, 0.1) is 49.5 Å². The molecule has 4 rings (SSSR count). The van der Waals surface area contributed by atoms with Crippen molar-refractivity contribution in [1.82, 2.24) is 39.9 Å². The smallest absolute Gasteiger partial charge is 0.317 e. The molecule has 0 saturated carbocycles. The number of hydrogen-bond donors (Lipinski definition) is 5. The third-order valence-electron chi connectivity index (χ3n) is 9.14. The number of thioether (sulfide) groups is 1. The van der Waals surface area contributed by atoms with Crippen molar-refractivity contribution >= 4 is 46.6 Å². The Morgan fingerprint density at radius 1 is 0.792 bits per heavy atom. The number of ether oxygens (including phenoxy) is 1. The zero-order chi connectivity index (χ0) is 38.2. The summed E-state index contributed by atoms with van der Waals surface area (Å²) in [4.78, 5) is 66.9. The van der Waals surface area contributed by atoms with Crippen molar-refractivity contribution in [3.8, 4) is 5.75 Å². The minimum atomic E-state index is -1.01. The van der Waals surface area contributed by atoms with E-state index in [0.717, 1.165) is 52.6 Å². The average molecular weight is 757 g/mol. The van der Waals surface area contributed by atoms with E-state index < -0.39 is 17.9 Å². The number of nitrogens with one attached hydrogen (secondary N) is 2. The second-order valence-electron chi connectivity index (χ2n) is 13.3. The molecule has 290 valence electrons. The van der Waals surface area contributed by atoms with Crippen LogP contribution in [0.15, 0.2) is 35.6 Å². The van der Waals surface area contributed by atoms with Gasteiger partial charge in [-0.3, -0.25) is 43.8 Å². The van der Waals surface area contributed by atoms with Gasteiger partial charge in [0.25, 0.3) is 0 Å². The highest BCUT2D eigenvalue weighted by Crippen LogP contribution is 2.26. The Morgan fingerprint density at radius 2 is 1.36 bits per heavy atom. The van der Waals surface area contributed by atoms with Gasteiger partial charge in [-0.25, -0.2) is 4.98 Å². The molecule has 0 radical (unpaired) electrons. The summed E-state index contributed by atoms with van der Waals surface area (Å²) in [6.07, 6.45) is 4.28. The lowest BCUT2D eigenvalue weighted by atomic mass is 10.1. The standard InChI is InChI=1S/C36H52N8O8S/c1-26-8-10-37-31(27(26)2)25-53-36-39-29-7-6-28(20-30(29)40-36)52-19-5-3-4-9-38-32(45)21-41-11-13-42(22-33(46)47)15-17-44(24-35(50)51)18-16-43(14-12-41)23-34(48)49/h6-8,10,20H,3-5,9,11-19,21-25H2,1-2H3,(H,38,45)(H,39,40)(H,46,47)(H,48,49)(H,50,51). The highest BCUT2D eigenvalue weighted by atomic mass is 32.2. The average Bonchev–Trinajstić information content (AvgIpc) is 3.51. The van der Waals surface area contributed by atoms with E-state index in [1.165, 1.54) is 11.1 Å². The monoisotopic (exact) mass is 756 g/mol. The highest BCUT2D eigenvalue weighted by molar-refractivity contribution is 7.98. The lowest BCUT2D eigenvalue weighted by molar-refractivity contribution is -0.140. The molecule has 0 atom stereocenters. The van der Waals surface area contributed by atoms with Crippen molar-refractivity contribution in [1.29, 1.82) is 0 Å². The van der Waals surface area contributed by atoms with Gasteiger partial charge in [0, 0.05) is 76.9 Å². The molecule has 53 heavy (non-hydrogen) atoms. The normalized spacial score (nSPS) is 15.8. The number of nitrogens with zero attached hydrogens (tertiary/aromatic N) is 6. The number of aryl methyl sites for hydroxylation is 1. The van der Waals surface area contributed by atoms with E-state index in [1.54, 1.807) is 26.5 Å². The summed E-state index contributed by atoms with van der Waals surface area (Å²) in [5.41, 5.74) is 5.25. The number of aromatic nitrogens is 3. The first kappa shape index (κ1) is 41.5. The maximum absolute atomic E-state index is 12.9. The number of fused-ring (bicyclic) bond motifs is 1. The number of carboxylic acids is 3.